The van der Waals surface area contributed by atoms with Crippen LogP contribution in [0.4, 0.5) is 0 Å². The lowest BCUT2D eigenvalue weighted by Crippen LogP contribution is -2.24. The Balaban J connectivity index is 3.05. The highest BCUT2D eigenvalue weighted by Gasteiger charge is 2.26. The molecule has 0 amide bonds. The molecule has 0 atom stereocenters. The van der Waals surface area contributed by atoms with Crippen LogP contribution >= 0.6 is 15.9 Å². The number of pyridine rings is 1. The molecule has 1 heterocycles. The molecule has 1 aromatic heterocycles. The van der Waals surface area contributed by atoms with Gasteiger partial charge in [-0.15, -0.1) is 0 Å². The highest BCUT2D eigenvalue weighted by atomic mass is 79.9. The molecule has 1 N–H and O–H groups in total. The summed E-state index contributed by atoms with van der Waals surface area (Å²) in [5, 5.41) is 10.1. The van der Waals surface area contributed by atoms with Gasteiger partial charge in [0.1, 0.15) is 10.2 Å². The lowest BCUT2D eigenvalue weighted by atomic mass is 9.93. The highest BCUT2D eigenvalue weighted by Crippen LogP contribution is 2.27. The van der Waals surface area contributed by atoms with Crippen molar-refractivity contribution < 1.29 is 5.11 Å². The largest absolute Gasteiger partial charge is 0.384 e. The van der Waals surface area contributed by atoms with Gasteiger partial charge in [0.25, 0.3) is 0 Å². The van der Waals surface area contributed by atoms with Gasteiger partial charge in [0.15, 0.2) is 0 Å². The normalized spacial score (nSPS) is 11.7. The van der Waals surface area contributed by atoms with Gasteiger partial charge in [0, 0.05) is 0 Å². The summed E-state index contributed by atoms with van der Waals surface area (Å²) in [6.45, 7) is 3.93. The van der Waals surface area contributed by atoms with Crippen molar-refractivity contribution in [1.82, 2.24) is 4.98 Å². The van der Waals surface area contributed by atoms with E-state index in [1.165, 1.54) is 0 Å². The summed E-state index contributed by atoms with van der Waals surface area (Å²) in [6, 6.07) is 5.61. The minimum Gasteiger partial charge on any atom is -0.384 e. The molecule has 0 saturated heterocycles. The van der Waals surface area contributed by atoms with Gasteiger partial charge in [0.2, 0.25) is 0 Å². The maximum absolute atomic E-state index is 10.1. The van der Waals surface area contributed by atoms with Gasteiger partial charge in [-0.1, -0.05) is 19.9 Å². The second-order valence-corrected chi connectivity index (χ2v) is 3.90. The summed E-state index contributed by atoms with van der Waals surface area (Å²) in [5.41, 5.74) is -0.0316. The zero-order chi connectivity index (χ0) is 9.90. The number of halogens is 1. The fourth-order valence-electron chi connectivity index (χ4n) is 1.28. The van der Waals surface area contributed by atoms with Crippen LogP contribution in [0.3, 0.4) is 0 Å². The molecule has 2 nitrogen and oxygen atoms in total. The summed E-state index contributed by atoms with van der Waals surface area (Å²) in [4.78, 5) is 4.25. The molecule has 0 aliphatic rings. The van der Waals surface area contributed by atoms with Gasteiger partial charge in [0.05, 0.1) is 5.69 Å². The zero-order valence-corrected chi connectivity index (χ0v) is 9.50. The maximum atomic E-state index is 10.1. The monoisotopic (exact) mass is 243 g/mol. The van der Waals surface area contributed by atoms with Gasteiger partial charge in [-0.25, -0.2) is 4.98 Å². The third kappa shape index (κ3) is 2.29. The van der Waals surface area contributed by atoms with Crippen LogP contribution in [0, 0.1) is 0 Å². The van der Waals surface area contributed by atoms with Crippen LogP contribution in [0.2, 0.25) is 0 Å². The van der Waals surface area contributed by atoms with Crippen LogP contribution < -0.4 is 0 Å². The Hall–Kier alpha value is -0.410. The first-order valence-electron chi connectivity index (χ1n) is 4.48. The molecule has 1 aromatic rings. The molecule has 0 radical (unpaired) electrons. The van der Waals surface area contributed by atoms with Crippen molar-refractivity contribution >= 4 is 15.9 Å². The maximum Gasteiger partial charge on any atom is 0.106 e. The van der Waals surface area contributed by atoms with Crippen LogP contribution in [0.1, 0.15) is 32.4 Å². The van der Waals surface area contributed by atoms with Gasteiger partial charge in [-0.2, -0.15) is 0 Å². The molecule has 0 saturated carbocycles. The average Bonchev–Trinajstić information content (AvgIpc) is 2.17. The SMILES string of the molecule is CCC(O)(CC)c1cccc(Br)n1. The Kier molecular flexibility index (Phi) is 3.45. The zero-order valence-electron chi connectivity index (χ0n) is 7.92. The van der Waals surface area contributed by atoms with Gasteiger partial charge < -0.3 is 5.11 Å². The molecule has 0 spiro atoms. The van der Waals surface area contributed by atoms with Crippen molar-refractivity contribution in [3.63, 3.8) is 0 Å². The van der Waals surface area contributed by atoms with E-state index in [1.807, 2.05) is 32.0 Å². The lowest BCUT2D eigenvalue weighted by molar-refractivity contribution is 0.0238. The van der Waals surface area contributed by atoms with Crippen LogP contribution in [-0.2, 0) is 5.60 Å². The molecular formula is C10H14BrNO. The van der Waals surface area contributed by atoms with Crippen molar-refractivity contribution in [3.8, 4) is 0 Å². The van der Waals surface area contributed by atoms with E-state index >= 15 is 0 Å². The minimum atomic E-state index is -0.774. The predicted octanol–water partition coefficient (Wildman–Crippen LogP) is 2.85. The van der Waals surface area contributed by atoms with Crippen LogP contribution in [0.15, 0.2) is 22.8 Å². The second-order valence-electron chi connectivity index (χ2n) is 3.08. The summed E-state index contributed by atoms with van der Waals surface area (Å²) >= 11 is 3.29. The summed E-state index contributed by atoms with van der Waals surface area (Å²) in [5.74, 6) is 0. The molecule has 72 valence electrons. The molecule has 3 heteroatoms. The van der Waals surface area contributed by atoms with Gasteiger partial charge in [-0.3, -0.25) is 0 Å². The smallest absolute Gasteiger partial charge is 0.106 e. The molecule has 0 bridgehead atoms. The van der Waals surface area contributed by atoms with E-state index in [0.29, 0.717) is 12.8 Å². The Morgan fingerprint density at radius 2 is 2.00 bits per heavy atom. The lowest BCUT2D eigenvalue weighted by Gasteiger charge is -2.24. The Morgan fingerprint density at radius 1 is 1.38 bits per heavy atom. The van der Waals surface area contributed by atoms with Crippen molar-refractivity contribution in [3.05, 3.63) is 28.5 Å². The summed E-state index contributed by atoms with van der Waals surface area (Å²) < 4.78 is 0.769. The van der Waals surface area contributed by atoms with E-state index in [9.17, 15) is 5.11 Å². The van der Waals surface area contributed by atoms with E-state index in [2.05, 4.69) is 20.9 Å². The molecule has 0 aromatic carbocycles. The van der Waals surface area contributed by atoms with Gasteiger partial charge in [-0.05, 0) is 40.9 Å². The molecule has 1 rings (SSSR count). The third-order valence-corrected chi connectivity index (χ3v) is 2.80. The minimum absolute atomic E-state index is 0.687. The van der Waals surface area contributed by atoms with E-state index < -0.39 is 5.60 Å². The van der Waals surface area contributed by atoms with Crippen molar-refractivity contribution in [1.29, 1.82) is 0 Å². The highest BCUT2D eigenvalue weighted by molar-refractivity contribution is 9.10. The number of aliphatic hydroxyl groups is 1. The number of aromatic nitrogens is 1. The quantitative estimate of drug-likeness (QED) is 0.829. The molecule has 13 heavy (non-hydrogen) atoms. The Bertz CT molecular complexity index is 284. The summed E-state index contributed by atoms with van der Waals surface area (Å²) in [6.07, 6.45) is 1.37. The first-order chi connectivity index (χ1) is 6.12. The Morgan fingerprint density at radius 3 is 2.46 bits per heavy atom. The number of rotatable bonds is 3. The first-order valence-corrected chi connectivity index (χ1v) is 5.27. The fourth-order valence-corrected chi connectivity index (χ4v) is 1.62. The van der Waals surface area contributed by atoms with E-state index in [4.69, 9.17) is 0 Å². The molecular weight excluding hydrogens is 230 g/mol. The second kappa shape index (κ2) is 4.20. The fraction of sp³-hybridized carbons (Fsp3) is 0.500. The van der Waals surface area contributed by atoms with Crippen molar-refractivity contribution in [2.24, 2.45) is 0 Å². The van der Waals surface area contributed by atoms with Crippen molar-refractivity contribution in [2.75, 3.05) is 0 Å². The summed E-state index contributed by atoms with van der Waals surface area (Å²) in [7, 11) is 0. The molecule has 0 aliphatic carbocycles. The topological polar surface area (TPSA) is 33.1 Å². The molecule has 0 aliphatic heterocycles. The number of hydrogen-bond acceptors (Lipinski definition) is 2. The van der Waals surface area contributed by atoms with E-state index in [1.54, 1.807) is 0 Å². The standard InChI is InChI=1S/C10H14BrNO/c1-3-10(13,4-2)8-6-5-7-9(11)12-8/h5-7,13H,3-4H2,1-2H3. The van der Waals surface area contributed by atoms with Crippen molar-refractivity contribution in [2.45, 2.75) is 32.3 Å². The average molecular weight is 244 g/mol. The Labute approximate surface area is 87.1 Å². The molecule has 0 unspecified atom stereocenters. The number of nitrogens with zero attached hydrogens (tertiary/aromatic N) is 1. The number of hydrogen-bond donors (Lipinski definition) is 1. The van der Waals surface area contributed by atoms with Crippen LogP contribution in [0.5, 0.6) is 0 Å². The van der Waals surface area contributed by atoms with Crippen LogP contribution in [-0.4, -0.2) is 10.1 Å². The third-order valence-electron chi connectivity index (χ3n) is 2.36. The van der Waals surface area contributed by atoms with Crippen LogP contribution in [0.25, 0.3) is 0 Å². The molecule has 0 fully saturated rings. The van der Waals surface area contributed by atoms with Gasteiger partial charge >= 0.3 is 0 Å². The predicted molar refractivity (Wildman–Crippen MR) is 56.4 cm³/mol. The van der Waals surface area contributed by atoms with E-state index in [-0.39, 0.29) is 0 Å². The van der Waals surface area contributed by atoms with E-state index in [0.717, 1.165) is 10.3 Å². The first kappa shape index (κ1) is 10.7.